The molecule has 1 atom stereocenters. The third-order valence-corrected chi connectivity index (χ3v) is 8.18. The number of hydrogen-bond acceptors (Lipinski definition) is 5. The van der Waals surface area contributed by atoms with E-state index in [0.29, 0.717) is 69.1 Å². The van der Waals surface area contributed by atoms with Crippen molar-refractivity contribution >= 4 is 23.4 Å². The van der Waals surface area contributed by atoms with E-state index in [9.17, 15) is 14.7 Å². The Kier molecular flexibility index (Phi) is 8.65. The first-order chi connectivity index (χ1) is 17.7. The number of nitrogens with zero attached hydrogens (tertiary/aromatic N) is 2. The van der Waals surface area contributed by atoms with Crippen LogP contribution in [0.1, 0.15) is 53.6 Å². The number of benzene rings is 2. The summed E-state index contributed by atoms with van der Waals surface area (Å²) in [7, 11) is 1.60. The van der Waals surface area contributed by atoms with E-state index in [0.717, 1.165) is 29.0 Å². The lowest BCUT2D eigenvalue weighted by Gasteiger charge is -2.43. The molecule has 4 rings (SSSR count). The summed E-state index contributed by atoms with van der Waals surface area (Å²) in [6.07, 6.45) is 2.72. The van der Waals surface area contributed by atoms with Crippen LogP contribution in [0.5, 0.6) is 11.5 Å². The molecule has 8 heteroatoms. The average molecular weight is 529 g/mol. The lowest BCUT2D eigenvalue weighted by molar-refractivity contribution is -0.137. The molecule has 0 aromatic heterocycles. The summed E-state index contributed by atoms with van der Waals surface area (Å²) in [5.41, 5.74) is 1.95. The molecule has 2 saturated heterocycles. The Bertz CT molecular complexity index is 1090. The molecular weight excluding hydrogens is 492 g/mol. The first-order valence-electron chi connectivity index (χ1n) is 13.0. The quantitative estimate of drug-likeness (QED) is 0.566. The van der Waals surface area contributed by atoms with Crippen LogP contribution in [-0.2, 0) is 4.79 Å². The van der Waals surface area contributed by atoms with Gasteiger partial charge in [-0.1, -0.05) is 11.6 Å². The van der Waals surface area contributed by atoms with E-state index in [2.05, 4.69) is 0 Å². The van der Waals surface area contributed by atoms with E-state index in [1.54, 1.807) is 31.4 Å². The summed E-state index contributed by atoms with van der Waals surface area (Å²) in [4.78, 5) is 30.5. The van der Waals surface area contributed by atoms with Gasteiger partial charge in [-0.2, -0.15) is 0 Å². The molecule has 2 aliphatic heterocycles. The number of carbonyl (C=O) groups is 2. The molecule has 0 bridgehead atoms. The van der Waals surface area contributed by atoms with Gasteiger partial charge < -0.3 is 24.4 Å². The van der Waals surface area contributed by atoms with Gasteiger partial charge in [0.05, 0.1) is 19.8 Å². The second-order valence-corrected chi connectivity index (χ2v) is 10.9. The van der Waals surface area contributed by atoms with Gasteiger partial charge in [-0.25, -0.2) is 0 Å². The number of rotatable bonds is 7. The van der Waals surface area contributed by atoms with Gasteiger partial charge in [-0.15, -0.1) is 0 Å². The number of piperidine rings is 2. The molecule has 2 amide bonds. The van der Waals surface area contributed by atoms with Gasteiger partial charge in [0.25, 0.3) is 5.91 Å². The Morgan fingerprint density at radius 3 is 2.30 bits per heavy atom. The van der Waals surface area contributed by atoms with Crippen molar-refractivity contribution in [1.82, 2.24) is 9.80 Å². The molecule has 1 N–H and O–H groups in total. The Morgan fingerprint density at radius 1 is 1.03 bits per heavy atom. The molecule has 7 nitrogen and oxygen atoms in total. The maximum atomic E-state index is 13.4. The summed E-state index contributed by atoms with van der Waals surface area (Å²) in [6.45, 7) is 6.40. The van der Waals surface area contributed by atoms with E-state index >= 15 is 0 Å². The topological polar surface area (TPSA) is 79.3 Å². The normalized spacial score (nSPS) is 20.6. The molecule has 1 unspecified atom stereocenters. The number of aryl methyl sites for hydroxylation is 2. The van der Waals surface area contributed by atoms with Gasteiger partial charge in [0.1, 0.15) is 11.5 Å². The van der Waals surface area contributed by atoms with Crippen LogP contribution in [0.3, 0.4) is 0 Å². The molecule has 2 heterocycles. The molecule has 0 spiro atoms. The molecular formula is C29H37ClN2O5. The number of amides is 2. The molecule has 200 valence electrons. The predicted octanol–water partition coefficient (Wildman–Crippen LogP) is 4.64. The van der Waals surface area contributed by atoms with Crippen LogP contribution in [0.15, 0.2) is 36.4 Å². The standard InChI is InChI=1S/C29H37ClN2O5/c1-20-15-25(16-21(2)27(20)30)37-19-29(17-26(34)31-13-9-23(33)10-14-31)11-4-12-32(18-29)28(35)22-5-7-24(36-3)8-6-22/h5-8,15-16,23,33H,4,9-14,17-19H2,1-3H3. The number of likely N-dealkylation sites (tertiary alicyclic amines) is 2. The number of methoxy groups -OCH3 is 1. The summed E-state index contributed by atoms with van der Waals surface area (Å²) < 4.78 is 11.5. The van der Waals surface area contributed by atoms with Gasteiger partial charge in [0, 0.05) is 48.6 Å². The summed E-state index contributed by atoms with van der Waals surface area (Å²) in [6, 6.07) is 11.0. The fraction of sp³-hybridized carbons (Fsp3) is 0.517. The van der Waals surface area contributed by atoms with Crippen LogP contribution in [-0.4, -0.2) is 72.7 Å². The highest BCUT2D eigenvalue weighted by Gasteiger charge is 2.41. The first kappa shape index (κ1) is 27.3. The molecule has 0 radical (unpaired) electrons. The fourth-order valence-electron chi connectivity index (χ4n) is 5.38. The zero-order valence-corrected chi connectivity index (χ0v) is 22.7. The second-order valence-electron chi connectivity index (χ2n) is 10.5. The lowest BCUT2D eigenvalue weighted by atomic mass is 9.77. The molecule has 0 saturated carbocycles. The smallest absolute Gasteiger partial charge is 0.253 e. The SMILES string of the molecule is COc1ccc(C(=O)N2CCCC(COc3cc(C)c(Cl)c(C)c3)(CC(=O)N3CCC(O)CC3)C2)cc1. The minimum absolute atomic E-state index is 0.0534. The Labute approximate surface area is 224 Å². The van der Waals surface area contributed by atoms with Crippen LogP contribution in [0.4, 0.5) is 0 Å². The fourth-order valence-corrected chi connectivity index (χ4v) is 5.49. The maximum absolute atomic E-state index is 13.4. The molecule has 2 fully saturated rings. The number of hydrogen-bond donors (Lipinski definition) is 1. The Hall–Kier alpha value is -2.77. The van der Waals surface area contributed by atoms with Gasteiger partial charge in [0.15, 0.2) is 0 Å². The van der Waals surface area contributed by atoms with Crippen molar-refractivity contribution in [2.75, 3.05) is 39.9 Å². The van der Waals surface area contributed by atoms with Crippen molar-refractivity contribution in [3.05, 3.63) is 58.1 Å². The van der Waals surface area contributed by atoms with Crippen molar-refractivity contribution in [2.24, 2.45) is 5.41 Å². The number of ether oxygens (including phenoxy) is 2. The third-order valence-electron chi connectivity index (χ3n) is 7.58. The molecule has 2 aromatic rings. The van der Waals surface area contributed by atoms with Crippen LogP contribution in [0.25, 0.3) is 0 Å². The van der Waals surface area contributed by atoms with Crippen LogP contribution < -0.4 is 9.47 Å². The largest absolute Gasteiger partial charge is 0.497 e. The molecule has 0 aliphatic carbocycles. The van der Waals surface area contributed by atoms with Crippen molar-refractivity contribution in [1.29, 1.82) is 0 Å². The Balaban J connectivity index is 1.54. The van der Waals surface area contributed by atoms with E-state index in [4.69, 9.17) is 21.1 Å². The predicted molar refractivity (Wildman–Crippen MR) is 143 cm³/mol. The number of aliphatic hydroxyl groups is 1. The molecule has 2 aromatic carbocycles. The van der Waals surface area contributed by atoms with Gasteiger partial charge in [0.2, 0.25) is 5.91 Å². The second kappa shape index (κ2) is 11.7. The van der Waals surface area contributed by atoms with Crippen molar-refractivity contribution in [2.45, 2.75) is 52.1 Å². The van der Waals surface area contributed by atoms with Gasteiger partial charge in [-0.05, 0) is 87.1 Å². The van der Waals surface area contributed by atoms with Crippen LogP contribution >= 0.6 is 11.6 Å². The number of carbonyl (C=O) groups excluding carboxylic acids is 2. The van der Waals surface area contributed by atoms with Crippen molar-refractivity contribution < 1.29 is 24.2 Å². The zero-order valence-electron chi connectivity index (χ0n) is 22.0. The maximum Gasteiger partial charge on any atom is 0.253 e. The lowest BCUT2D eigenvalue weighted by Crippen LogP contribution is -2.51. The highest BCUT2D eigenvalue weighted by atomic mass is 35.5. The summed E-state index contributed by atoms with van der Waals surface area (Å²) in [5.74, 6) is 1.41. The van der Waals surface area contributed by atoms with E-state index < -0.39 is 5.41 Å². The van der Waals surface area contributed by atoms with Gasteiger partial charge >= 0.3 is 0 Å². The minimum Gasteiger partial charge on any atom is -0.497 e. The number of halogens is 1. The number of aliphatic hydroxyl groups excluding tert-OH is 1. The van der Waals surface area contributed by atoms with Crippen LogP contribution in [0, 0.1) is 19.3 Å². The van der Waals surface area contributed by atoms with E-state index in [-0.39, 0.29) is 17.9 Å². The minimum atomic E-state index is -0.519. The average Bonchev–Trinajstić information content (AvgIpc) is 2.90. The Morgan fingerprint density at radius 2 is 1.68 bits per heavy atom. The zero-order chi connectivity index (χ0) is 26.6. The molecule has 37 heavy (non-hydrogen) atoms. The monoisotopic (exact) mass is 528 g/mol. The van der Waals surface area contributed by atoms with Crippen LogP contribution in [0.2, 0.25) is 5.02 Å². The van der Waals surface area contributed by atoms with Crippen molar-refractivity contribution in [3.8, 4) is 11.5 Å². The highest BCUT2D eigenvalue weighted by Crippen LogP contribution is 2.37. The van der Waals surface area contributed by atoms with Gasteiger partial charge in [-0.3, -0.25) is 9.59 Å². The summed E-state index contributed by atoms with van der Waals surface area (Å²) >= 11 is 6.35. The van der Waals surface area contributed by atoms with E-state index in [1.807, 2.05) is 35.8 Å². The molecule has 2 aliphatic rings. The summed E-state index contributed by atoms with van der Waals surface area (Å²) in [5, 5.41) is 10.6. The van der Waals surface area contributed by atoms with Crippen molar-refractivity contribution in [3.63, 3.8) is 0 Å². The third kappa shape index (κ3) is 6.57. The van der Waals surface area contributed by atoms with E-state index in [1.165, 1.54) is 0 Å². The highest BCUT2D eigenvalue weighted by molar-refractivity contribution is 6.32. The first-order valence-corrected chi connectivity index (χ1v) is 13.4.